The van der Waals surface area contributed by atoms with E-state index in [1.807, 2.05) is 12.1 Å². The van der Waals surface area contributed by atoms with Crippen LogP contribution in [0.1, 0.15) is 44.1 Å². The third-order valence-electron chi connectivity index (χ3n) is 5.73. The average Bonchev–Trinajstić information content (AvgIpc) is 2.37. The number of nitrogens with zero attached hydrogens (tertiary/aromatic N) is 1. The second-order valence-corrected chi connectivity index (χ2v) is 7.33. The molecular weight excluding hydrogens is 254 g/mol. The molecule has 0 radical (unpaired) electrons. The Morgan fingerprint density at radius 1 is 0.947 bits per heavy atom. The van der Waals surface area contributed by atoms with Crippen molar-refractivity contribution in [2.75, 3.05) is 0 Å². The molecule has 5 rings (SSSR count). The van der Waals surface area contributed by atoms with Crippen molar-refractivity contribution in [2.45, 2.75) is 43.9 Å². The van der Waals surface area contributed by atoms with Crippen molar-refractivity contribution in [2.24, 2.45) is 17.8 Å². The Kier molecular flexibility index (Phi) is 2.50. The van der Waals surface area contributed by atoms with E-state index in [1.165, 1.54) is 44.1 Å². The van der Waals surface area contributed by atoms with Crippen LogP contribution in [0.3, 0.4) is 0 Å². The Morgan fingerprint density at radius 2 is 1.42 bits per heavy atom. The number of benzene rings is 1. The van der Waals surface area contributed by atoms with Gasteiger partial charge in [0.2, 0.25) is 5.69 Å². The molecule has 0 aliphatic heterocycles. The highest BCUT2D eigenvalue weighted by molar-refractivity contribution is 7.51. The molecule has 1 aromatic carbocycles. The van der Waals surface area contributed by atoms with Crippen molar-refractivity contribution >= 4 is 18.5 Å². The van der Waals surface area contributed by atoms with Gasteiger partial charge in [-0.3, -0.25) is 0 Å². The molecule has 1 aromatic rings. The SMILES string of the molecule is O=[N+]([S-])c1ccc(C23CC4CC(CC(C4)C2)C3)cc1. The highest BCUT2D eigenvalue weighted by atomic mass is 32.1. The molecule has 4 aliphatic carbocycles. The molecule has 4 aliphatic rings. The normalized spacial score (nSPS) is 39.5. The van der Waals surface area contributed by atoms with Gasteiger partial charge < -0.3 is 12.8 Å². The topological polar surface area (TPSA) is 20.1 Å². The van der Waals surface area contributed by atoms with Gasteiger partial charge in [0.05, 0.1) is 0 Å². The first-order valence-corrected chi connectivity index (χ1v) is 7.76. The van der Waals surface area contributed by atoms with Crippen molar-refractivity contribution < 1.29 is 4.17 Å². The highest BCUT2D eigenvalue weighted by Crippen LogP contribution is 2.60. The summed E-state index contributed by atoms with van der Waals surface area (Å²) in [7, 11) is 0. The van der Waals surface area contributed by atoms with Gasteiger partial charge >= 0.3 is 0 Å². The van der Waals surface area contributed by atoms with Crippen molar-refractivity contribution in [1.82, 2.24) is 0 Å². The molecule has 3 heteroatoms. The molecule has 0 unspecified atom stereocenters. The minimum Gasteiger partial charge on any atom is -0.364 e. The summed E-state index contributed by atoms with van der Waals surface area (Å²) in [5.41, 5.74) is 2.46. The number of hydrogen-bond donors (Lipinski definition) is 0. The Bertz CT molecular complexity index is 487. The first kappa shape index (κ1) is 11.8. The largest absolute Gasteiger partial charge is 0.364 e. The molecule has 4 bridgehead atoms. The fraction of sp³-hybridized carbons (Fsp3) is 0.625. The van der Waals surface area contributed by atoms with Gasteiger partial charge in [0, 0.05) is 17.0 Å². The number of nitroso groups, excluding NO2 is 1. The first-order valence-electron chi connectivity index (χ1n) is 7.40. The summed E-state index contributed by atoms with van der Waals surface area (Å²) >= 11 is 4.63. The second-order valence-electron chi connectivity index (χ2n) is 7.00. The van der Waals surface area contributed by atoms with Gasteiger partial charge in [-0.2, -0.15) is 0 Å². The first-order chi connectivity index (χ1) is 9.14. The summed E-state index contributed by atoms with van der Waals surface area (Å²) < 4.78 is 0.531. The van der Waals surface area contributed by atoms with Crippen LogP contribution in [0.4, 0.5) is 5.69 Å². The summed E-state index contributed by atoms with van der Waals surface area (Å²) in [5.74, 6) is 2.88. The van der Waals surface area contributed by atoms with E-state index in [4.69, 9.17) is 0 Å². The summed E-state index contributed by atoms with van der Waals surface area (Å²) in [6.07, 6.45) is 8.52. The molecule has 19 heavy (non-hydrogen) atoms. The van der Waals surface area contributed by atoms with E-state index in [-0.39, 0.29) is 0 Å². The molecule has 0 amide bonds. The standard InChI is InChI=1S/C16H19NOS/c18-17(19)15-3-1-14(2-4-15)16-8-11-5-12(9-16)7-13(6-11)10-16/h1-4,11-13H,5-10H2. The predicted molar refractivity (Wildman–Crippen MR) is 76.9 cm³/mol. The third kappa shape index (κ3) is 1.82. The molecular formula is C16H19NOS. The molecule has 4 fully saturated rings. The molecule has 0 aromatic heterocycles. The monoisotopic (exact) mass is 273 g/mol. The van der Waals surface area contributed by atoms with Crippen molar-refractivity contribution in [3.05, 3.63) is 34.7 Å². The molecule has 0 N–H and O–H groups in total. The van der Waals surface area contributed by atoms with Gasteiger partial charge in [-0.05, 0) is 67.3 Å². The zero-order valence-electron chi connectivity index (χ0n) is 11.0. The van der Waals surface area contributed by atoms with Gasteiger partial charge in [0.15, 0.2) is 0 Å². The van der Waals surface area contributed by atoms with Crippen molar-refractivity contribution in [1.29, 1.82) is 0 Å². The lowest BCUT2D eigenvalue weighted by Gasteiger charge is -2.57. The highest BCUT2D eigenvalue weighted by Gasteiger charge is 2.51. The van der Waals surface area contributed by atoms with E-state index in [0.29, 0.717) is 15.3 Å². The second kappa shape index (κ2) is 4.02. The lowest BCUT2D eigenvalue weighted by atomic mass is 9.48. The maximum atomic E-state index is 11.1. The van der Waals surface area contributed by atoms with Gasteiger partial charge in [-0.1, -0.05) is 16.3 Å². The fourth-order valence-corrected chi connectivity index (χ4v) is 5.52. The van der Waals surface area contributed by atoms with Crippen LogP contribution in [-0.4, -0.2) is 4.17 Å². The fourth-order valence-electron chi connectivity index (χ4n) is 5.40. The van der Waals surface area contributed by atoms with Gasteiger partial charge in [0.1, 0.15) is 0 Å². The molecule has 0 heterocycles. The predicted octanol–water partition coefficient (Wildman–Crippen LogP) is 4.03. The molecule has 0 saturated heterocycles. The molecule has 100 valence electrons. The van der Waals surface area contributed by atoms with Gasteiger partial charge in [-0.25, -0.2) is 0 Å². The van der Waals surface area contributed by atoms with Crippen LogP contribution in [0.2, 0.25) is 0 Å². The van der Waals surface area contributed by atoms with Crippen LogP contribution in [0, 0.1) is 22.7 Å². The van der Waals surface area contributed by atoms with E-state index in [2.05, 4.69) is 24.9 Å². The van der Waals surface area contributed by atoms with Crippen molar-refractivity contribution in [3.63, 3.8) is 0 Å². The molecule has 4 saturated carbocycles. The number of rotatable bonds is 2. The van der Waals surface area contributed by atoms with Crippen LogP contribution in [-0.2, 0) is 18.2 Å². The van der Waals surface area contributed by atoms with Crippen LogP contribution in [0.25, 0.3) is 0 Å². The summed E-state index contributed by atoms with van der Waals surface area (Å²) in [6.45, 7) is 0. The summed E-state index contributed by atoms with van der Waals surface area (Å²) in [5, 5.41) is 0. The van der Waals surface area contributed by atoms with Gasteiger partial charge in [-0.15, -0.1) is 0 Å². The summed E-state index contributed by atoms with van der Waals surface area (Å²) in [6, 6.07) is 8.10. The van der Waals surface area contributed by atoms with E-state index >= 15 is 0 Å². The molecule has 0 spiro atoms. The summed E-state index contributed by atoms with van der Waals surface area (Å²) in [4.78, 5) is 11.1. The van der Waals surface area contributed by atoms with E-state index in [0.717, 1.165) is 17.8 Å². The third-order valence-corrected chi connectivity index (χ3v) is 5.94. The van der Waals surface area contributed by atoms with E-state index < -0.39 is 0 Å². The average molecular weight is 273 g/mol. The maximum absolute atomic E-state index is 11.1. The van der Waals surface area contributed by atoms with Gasteiger partial charge in [0.25, 0.3) is 0 Å². The Morgan fingerprint density at radius 3 is 1.84 bits per heavy atom. The Balaban J connectivity index is 1.69. The van der Waals surface area contributed by atoms with E-state index in [9.17, 15) is 4.91 Å². The Labute approximate surface area is 119 Å². The lowest BCUT2D eigenvalue weighted by Crippen LogP contribution is -2.48. The quantitative estimate of drug-likeness (QED) is 0.599. The molecule has 2 nitrogen and oxygen atoms in total. The minimum absolute atomic E-state index is 0.419. The minimum atomic E-state index is 0.419. The zero-order chi connectivity index (χ0) is 13.0. The Hall–Kier alpha value is -0.960. The van der Waals surface area contributed by atoms with E-state index in [1.54, 1.807) is 0 Å². The van der Waals surface area contributed by atoms with Crippen LogP contribution < -0.4 is 0 Å². The molecule has 0 atom stereocenters. The van der Waals surface area contributed by atoms with Crippen LogP contribution >= 0.6 is 0 Å². The number of hydrogen-bond acceptors (Lipinski definition) is 2. The van der Waals surface area contributed by atoms with Crippen LogP contribution in [0.15, 0.2) is 24.3 Å². The van der Waals surface area contributed by atoms with Crippen LogP contribution in [0.5, 0.6) is 0 Å². The van der Waals surface area contributed by atoms with Crippen molar-refractivity contribution in [3.8, 4) is 0 Å². The lowest BCUT2D eigenvalue weighted by molar-refractivity contribution is -0.262. The maximum Gasteiger partial charge on any atom is 0.237 e. The zero-order valence-corrected chi connectivity index (χ0v) is 11.9. The smallest absolute Gasteiger partial charge is 0.237 e.